The number of hydrogen-bond acceptors (Lipinski definition) is 4. The van der Waals surface area contributed by atoms with Gasteiger partial charge in [-0.1, -0.05) is 0 Å². The molecule has 1 heterocycles. The third-order valence-electron chi connectivity index (χ3n) is 2.85. The molecule has 2 N–H and O–H groups in total. The summed E-state index contributed by atoms with van der Waals surface area (Å²) in [5.74, 6) is 1.95. The first-order chi connectivity index (χ1) is 7.22. The molecule has 0 bridgehead atoms. The fourth-order valence-electron chi connectivity index (χ4n) is 2.15. The van der Waals surface area contributed by atoms with Gasteiger partial charge in [-0.3, -0.25) is 0 Å². The van der Waals surface area contributed by atoms with Crippen LogP contribution in [0.5, 0.6) is 0 Å². The zero-order chi connectivity index (χ0) is 10.8. The molecule has 0 aliphatic heterocycles. The summed E-state index contributed by atoms with van der Waals surface area (Å²) in [6.07, 6.45) is 3.42. The second-order valence-electron chi connectivity index (χ2n) is 4.08. The van der Waals surface area contributed by atoms with Gasteiger partial charge < -0.3 is 10.6 Å². The van der Waals surface area contributed by atoms with Crippen LogP contribution >= 0.6 is 0 Å². The maximum atomic E-state index is 5.56. The quantitative estimate of drug-likeness (QED) is 0.789. The SMILES string of the molecule is Cc1nc2c(c(N(C)CCN)n1)CCC2. The first-order valence-corrected chi connectivity index (χ1v) is 5.50. The third kappa shape index (κ3) is 1.95. The number of nitrogens with two attached hydrogens (primary N) is 1. The lowest BCUT2D eigenvalue weighted by Gasteiger charge is -2.20. The molecule has 0 saturated carbocycles. The summed E-state index contributed by atoms with van der Waals surface area (Å²) in [7, 11) is 2.05. The van der Waals surface area contributed by atoms with Crippen molar-refractivity contribution in [3.05, 3.63) is 17.1 Å². The molecule has 0 saturated heterocycles. The monoisotopic (exact) mass is 206 g/mol. The topological polar surface area (TPSA) is 55.0 Å². The van der Waals surface area contributed by atoms with Gasteiger partial charge in [-0.15, -0.1) is 0 Å². The van der Waals surface area contributed by atoms with Crippen molar-refractivity contribution < 1.29 is 0 Å². The summed E-state index contributed by atoms with van der Waals surface area (Å²) in [4.78, 5) is 11.1. The first kappa shape index (κ1) is 10.4. The molecule has 4 nitrogen and oxygen atoms in total. The van der Waals surface area contributed by atoms with Crippen molar-refractivity contribution in [3.63, 3.8) is 0 Å². The van der Waals surface area contributed by atoms with Gasteiger partial charge in [0.2, 0.25) is 0 Å². The number of likely N-dealkylation sites (N-methyl/N-ethyl adjacent to an activating group) is 1. The molecule has 0 aromatic carbocycles. The van der Waals surface area contributed by atoms with Crippen molar-refractivity contribution in [2.75, 3.05) is 25.0 Å². The first-order valence-electron chi connectivity index (χ1n) is 5.50. The van der Waals surface area contributed by atoms with Crippen molar-refractivity contribution in [2.45, 2.75) is 26.2 Å². The van der Waals surface area contributed by atoms with Crippen LogP contribution in [-0.2, 0) is 12.8 Å². The Morgan fingerprint density at radius 2 is 2.13 bits per heavy atom. The predicted octanol–water partition coefficient (Wildman–Crippen LogP) is 0.669. The molecule has 4 heteroatoms. The van der Waals surface area contributed by atoms with E-state index in [0.717, 1.165) is 31.0 Å². The van der Waals surface area contributed by atoms with Crippen LogP contribution in [0.25, 0.3) is 0 Å². The van der Waals surface area contributed by atoms with Gasteiger partial charge in [-0.25, -0.2) is 9.97 Å². The number of aromatic nitrogens is 2. The highest BCUT2D eigenvalue weighted by Gasteiger charge is 2.20. The van der Waals surface area contributed by atoms with E-state index in [1.165, 1.54) is 17.7 Å². The molecule has 15 heavy (non-hydrogen) atoms. The molecule has 0 unspecified atom stereocenters. The second-order valence-corrected chi connectivity index (χ2v) is 4.08. The average Bonchev–Trinajstić information content (AvgIpc) is 2.64. The van der Waals surface area contributed by atoms with Crippen LogP contribution in [-0.4, -0.2) is 30.1 Å². The van der Waals surface area contributed by atoms with Gasteiger partial charge in [-0.2, -0.15) is 0 Å². The highest BCUT2D eigenvalue weighted by atomic mass is 15.2. The molecule has 0 amide bonds. The van der Waals surface area contributed by atoms with E-state index >= 15 is 0 Å². The highest BCUT2D eigenvalue weighted by molar-refractivity contribution is 5.50. The summed E-state index contributed by atoms with van der Waals surface area (Å²) < 4.78 is 0. The molecule has 1 aromatic rings. The number of hydrogen-bond donors (Lipinski definition) is 1. The fourth-order valence-corrected chi connectivity index (χ4v) is 2.15. The Balaban J connectivity index is 2.37. The number of nitrogens with zero attached hydrogens (tertiary/aromatic N) is 3. The maximum Gasteiger partial charge on any atom is 0.135 e. The molecular formula is C11H18N4. The molecule has 1 aliphatic rings. The number of fused-ring (bicyclic) bond motifs is 1. The van der Waals surface area contributed by atoms with Crippen molar-refractivity contribution in [1.29, 1.82) is 0 Å². The Morgan fingerprint density at radius 1 is 1.33 bits per heavy atom. The molecular weight excluding hydrogens is 188 g/mol. The fraction of sp³-hybridized carbons (Fsp3) is 0.636. The zero-order valence-electron chi connectivity index (χ0n) is 9.45. The van der Waals surface area contributed by atoms with Crippen molar-refractivity contribution in [3.8, 4) is 0 Å². The van der Waals surface area contributed by atoms with Crippen molar-refractivity contribution in [1.82, 2.24) is 9.97 Å². The van der Waals surface area contributed by atoms with E-state index in [1.807, 2.05) is 14.0 Å². The predicted molar refractivity (Wildman–Crippen MR) is 61.1 cm³/mol. The number of anilines is 1. The molecule has 82 valence electrons. The van der Waals surface area contributed by atoms with E-state index in [-0.39, 0.29) is 0 Å². The normalized spacial score (nSPS) is 14.1. The van der Waals surface area contributed by atoms with Gasteiger partial charge in [0.05, 0.1) is 0 Å². The lowest BCUT2D eigenvalue weighted by atomic mass is 10.2. The standard InChI is InChI=1S/C11H18N4/c1-8-13-10-5-3-4-9(10)11(14-8)15(2)7-6-12/h3-7,12H2,1-2H3. The highest BCUT2D eigenvalue weighted by Crippen LogP contribution is 2.27. The molecule has 0 spiro atoms. The lowest BCUT2D eigenvalue weighted by Crippen LogP contribution is -2.27. The van der Waals surface area contributed by atoms with Gasteiger partial charge in [0.15, 0.2) is 0 Å². The van der Waals surface area contributed by atoms with E-state index in [2.05, 4.69) is 14.9 Å². The average molecular weight is 206 g/mol. The Bertz CT molecular complexity index is 362. The van der Waals surface area contributed by atoms with E-state index < -0.39 is 0 Å². The number of aryl methyl sites for hydroxylation is 2. The Kier molecular flexibility index (Phi) is 2.86. The molecule has 0 atom stereocenters. The zero-order valence-corrected chi connectivity index (χ0v) is 9.45. The van der Waals surface area contributed by atoms with Gasteiger partial charge in [0.1, 0.15) is 11.6 Å². The molecule has 0 radical (unpaired) electrons. The van der Waals surface area contributed by atoms with Gasteiger partial charge in [0, 0.05) is 31.4 Å². The minimum Gasteiger partial charge on any atom is -0.358 e. The molecule has 2 rings (SSSR count). The smallest absolute Gasteiger partial charge is 0.135 e. The van der Waals surface area contributed by atoms with E-state index in [4.69, 9.17) is 5.73 Å². The largest absolute Gasteiger partial charge is 0.358 e. The summed E-state index contributed by atoms with van der Waals surface area (Å²) in [6, 6.07) is 0. The van der Waals surface area contributed by atoms with Gasteiger partial charge in [0.25, 0.3) is 0 Å². The van der Waals surface area contributed by atoms with E-state index in [1.54, 1.807) is 0 Å². The molecule has 1 aliphatic carbocycles. The third-order valence-corrected chi connectivity index (χ3v) is 2.85. The summed E-state index contributed by atoms with van der Waals surface area (Å²) in [5.41, 5.74) is 8.13. The molecule has 0 fully saturated rings. The summed E-state index contributed by atoms with van der Waals surface area (Å²) >= 11 is 0. The Morgan fingerprint density at radius 3 is 2.87 bits per heavy atom. The minimum absolute atomic E-state index is 0.661. The Labute approximate surface area is 90.5 Å². The van der Waals surface area contributed by atoms with Crippen LogP contribution < -0.4 is 10.6 Å². The van der Waals surface area contributed by atoms with Crippen LogP contribution in [0.1, 0.15) is 23.5 Å². The van der Waals surface area contributed by atoms with E-state index in [9.17, 15) is 0 Å². The van der Waals surface area contributed by atoms with Crippen LogP contribution in [0.4, 0.5) is 5.82 Å². The van der Waals surface area contributed by atoms with Gasteiger partial charge in [-0.05, 0) is 26.2 Å². The number of rotatable bonds is 3. The van der Waals surface area contributed by atoms with Crippen LogP contribution in [0.2, 0.25) is 0 Å². The maximum absolute atomic E-state index is 5.56. The van der Waals surface area contributed by atoms with Crippen LogP contribution in [0.3, 0.4) is 0 Å². The van der Waals surface area contributed by atoms with Crippen molar-refractivity contribution in [2.24, 2.45) is 5.73 Å². The molecule has 1 aromatic heterocycles. The second kappa shape index (κ2) is 4.14. The van der Waals surface area contributed by atoms with E-state index in [0.29, 0.717) is 6.54 Å². The minimum atomic E-state index is 0.661. The van der Waals surface area contributed by atoms with Crippen LogP contribution in [0.15, 0.2) is 0 Å². The van der Waals surface area contributed by atoms with Gasteiger partial charge >= 0.3 is 0 Å². The summed E-state index contributed by atoms with van der Waals surface area (Å²) in [5, 5.41) is 0. The van der Waals surface area contributed by atoms with Crippen molar-refractivity contribution >= 4 is 5.82 Å². The summed E-state index contributed by atoms with van der Waals surface area (Å²) in [6.45, 7) is 3.47. The Hall–Kier alpha value is -1.16. The lowest BCUT2D eigenvalue weighted by molar-refractivity contribution is 0.842. The van der Waals surface area contributed by atoms with Crippen LogP contribution in [0, 0.1) is 6.92 Å².